The maximum absolute atomic E-state index is 14.2. The fourth-order valence-electron chi connectivity index (χ4n) is 7.46. The maximum Gasteiger partial charge on any atom is 0.319 e. The topological polar surface area (TPSA) is 219 Å². The number of ether oxygens (including phenoxy) is 2. The zero-order chi connectivity index (χ0) is 48.8. The highest BCUT2D eigenvalue weighted by Gasteiger charge is 2.26. The van der Waals surface area contributed by atoms with E-state index in [1.165, 1.54) is 30.0 Å². The molecule has 70 heavy (non-hydrogen) atoms. The van der Waals surface area contributed by atoms with Crippen molar-refractivity contribution in [3.05, 3.63) is 96.6 Å². The van der Waals surface area contributed by atoms with E-state index in [1.807, 2.05) is 40.3 Å². The summed E-state index contributed by atoms with van der Waals surface area (Å²) in [6.45, 7) is 4.60. The van der Waals surface area contributed by atoms with Crippen LogP contribution in [0.15, 0.2) is 94.7 Å². The Bertz CT molecular complexity index is 2970. The Hall–Kier alpha value is -6.88. The summed E-state index contributed by atoms with van der Waals surface area (Å²) in [6, 6.07) is 22.4. The quantitative estimate of drug-likeness (QED) is 0.0713. The number of hydrogen-bond donors (Lipinski definition) is 4. The molecule has 4 heterocycles. The second kappa shape index (κ2) is 21.4. The summed E-state index contributed by atoms with van der Waals surface area (Å²) >= 11 is 1.51. The van der Waals surface area contributed by atoms with E-state index in [-0.39, 0.29) is 46.2 Å². The van der Waals surface area contributed by atoms with Crippen molar-refractivity contribution in [1.82, 2.24) is 40.5 Å². The molecule has 10 rings (SSSR count). The minimum absolute atomic E-state index is 0.0485. The number of thioether (sulfide) groups is 1. The lowest BCUT2D eigenvalue weighted by molar-refractivity contribution is 0.122. The SMILES string of the molecule is CS(=O)(=O)c1ccc(F)cc1-c1nc(-c2ccc(NC(=O)NC3CC3)cc2)nc(N2CCOCC2)n1.CSc1ccc(F)cc1-c1nc(-c2ccc(NC(=O)NC3CC3)cc2)nc(N2CCOCC2)n1. The monoisotopic (exact) mass is 992 g/mol. The van der Waals surface area contributed by atoms with E-state index in [4.69, 9.17) is 24.4 Å². The van der Waals surface area contributed by atoms with Gasteiger partial charge in [0.15, 0.2) is 33.1 Å². The van der Waals surface area contributed by atoms with Gasteiger partial charge >= 0.3 is 12.1 Å². The smallest absolute Gasteiger partial charge is 0.319 e. The molecule has 2 aliphatic heterocycles. The summed E-state index contributed by atoms with van der Waals surface area (Å²) in [7, 11) is -3.68. The lowest BCUT2D eigenvalue weighted by atomic mass is 10.1. The molecule has 0 spiro atoms. The van der Waals surface area contributed by atoms with Gasteiger partial charge in [-0.2, -0.15) is 19.9 Å². The molecule has 0 unspecified atom stereocenters. The number of aromatic nitrogens is 6. The average molecular weight is 993 g/mol. The van der Waals surface area contributed by atoms with Gasteiger partial charge in [-0.15, -0.1) is 11.8 Å². The Morgan fingerprint density at radius 1 is 0.586 bits per heavy atom. The zero-order valence-electron chi connectivity index (χ0n) is 38.3. The number of urea groups is 2. The van der Waals surface area contributed by atoms with E-state index in [2.05, 4.69) is 36.2 Å². The molecule has 22 heteroatoms. The number of carbonyl (C=O) groups is 2. The summed E-state index contributed by atoms with van der Waals surface area (Å²) in [5.41, 5.74) is 3.36. The summed E-state index contributed by atoms with van der Waals surface area (Å²) in [6.07, 6.45) is 7.04. The van der Waals surface area contributed by atoms with E-state index in [0.29, 0.717) is 104 Å². The van der Waals surface area contributed by atoms with Gasteiger partial charge in [0, 0.05) is 83.0 Å². The Morgan fingerprint density at radius 2 is 1.00 bits per heavy atom. The van der Waals surface area contributed by atoms with E-state index in [0.717, 1.165) is 54.5 Å². The number of halogens is 2. The van der Waals surface area contributed by atoms with Crippen molar-refractivity contribution in [3.8, 4) is 45.6 Å². The van der Waals surface area contributed by atoms with E-state index in [1.54, 1.807) is 30.3 Å². The number of nitrogens with one attached hydrogen (secondary N) is 4. The summed E-state index contributed by atoms with van der Waals surface area (Å²) in [4.78, 5) is 56.6. The van der Waals surface area contributed by atoms with Crippen molar-refractivity contribution >= 4 is 56.9 Å². The molecule has 4 aromatic carbocycles. The minimum atomic E-state index is -3.68. The average Bonchev–Trinajstić information content (AvgIpc) is 4.33. The van der Waals surface area contributed by atoms with Gasteiger partial charge in [-0.3, -0.25) is 0 Å². The number of nitrogens with zero attached hydrogens (tertiary/aromatic N) is 8. The highest BCUT2D eigenvalue weighted by atomic mass is 32.2. The summed E-state index contributed by atoms with van der Waals surface area (Å²) in [5, 5.41) is 11.4. The summed E-state index contributed by atoms with van der Waals surface area (Å²) < 4.78 is 64.1. The molecular weight excluding hydrogens is 943 g/mol. The van der Waals surface area contributed by atoms with Gasteiger partial charge in [-0.05, 0) is 117 Å². The molecule has 4 aliphatic rings. The predicted octanol–water partition coefficient (Wildman–Crippen LogP) is 7.06. The largest absolute Gasteiger partial charge is 0.378 e. The minimum Gasteiger partial charge on any atom is -0.378 e. The number of benzene rings is 4. The maximum atomic E-state index is 14.2. The third kappa shape index (κ3) is 12.5. The second-order valence-corrected chi connectivity index (χ2v) is 19.8. The lowest BCUT2D eigenvalue weighted by Crippen LogP contribution is -2.37. The van der Waals surface area contributed by atoms with Crippen molar-refractivity contribution in [2.75, 3.05) is 85.6 Å². The highest BCUT2D eigenvalue weighted by Crippen LogP contribution is 2.33. The standard InChI is InChI=1S/C24H25FN6O4S.C24H25FN6O2S/c1-36(33,34)20-9-4-16(25)14-19(20)22-28-21(29-23(30-22)31-10-12-35-13-11-31)15-2-5-17(6-3-15)26-24(32)27-18-7-8-18;1-34-20-9-4-16(25)14-19(20)22-28-21(29-23(30-22)31-10-12-33-13-11-31)15-2-5-17(6-3-15)26-24(32)27-18-7-8-18/h2-6,9,14,18H,7-8,10-13H2,1H3,(H2,26,27,32);2-6,9,14,18H,7-8,10-13H2,1H3,(H2,26,27,32). The lowest BCUT2D eigenvalue weighted by Gasteiger charge is -2.27. The van der Waals surface area contributed by atoms with Crippen LogP contribution in [0.2, 0.25) is 0 Å². The van der Waals surface area contributed by atoms with Crippen LogP contribution >= 0.6 is 11.8 Å². The molecule has 0 atom stereocenters. The van der Waals surface area contributed by atoms with Gasteiger partial charge in [-0.25, -0.2) is 36.8 Å². The van der Waals surface area contributed by atoms with Crippen LogP contribution in [-0.2, 0) is 19.3 Å². The van der Waals surface area contributed by atoms with Gasteiger partial charge in [0.05, 0.1) is 31.3 Å². The van der Waals surface area contributed by atoms with Gasteiger partial charge in [0.2, 0.25) is 11.9 Å². The Balaban J connectivity index is 0.000000174. The first kappa shape index (κ1) is 48.2. The highest BCUT2D eigenvalue weighted by molar-refractivity contribution is 7.98. The van der Waals surface area contributed by atoms with Crippen LogP contribution in [0.25, 0.3) is 45.6 Å². The van der Waals surface area contributed by atoms with Gasteiger partial charge in [0.1, 0.15) is 11.6 Å². The Kier molecular flexibility index (Phi) is 14.7. The molecule has 0 bridgehead atoms. The van der Waals surface area contributed by atoms with Gasteiger partial charge in [-0.1, -0.05) is 0 Å². The first-order chi connectivity index (χ1) is 33.8. The number of carbonyl (C=O) groups excluding carboxylic acids is 2. The van der Waals surface area contributed by atoms with Gasteiger partial charge < -0.3 is 40.5 Å². The van der Waals surface area contributed by atoms with E-state index in [9.17, 15) is 26.8 Å². The summed E-state index contributed by atoms with van der Waals surface area (Å²) in [5.74, 6) is 1.16. The Morgan fingerprint density at radius 3 is 1.43 bits per heavy atom. The molecule has 2 saturated heterocycles. The second-order valence-electron chi connectivity index (χ2n) is 16.9. The predicted molar refractivity (Wildman–Crippen MR) is 263 cm³/mol. The molecular formula is C48H50F2N12O6S2. The fraction of sp³-hybridized carbons (Fsp3) is 0.333. The van der Waals surface area contributed by atoms with Crippen LogP contribution in [0.5, 0.6) is 0 Å². The van der Waals surface area contributed by atoms with Crippen LogP contribution in [0.3, 0.4) is 0 Å². The zero-order valence-corrected chi connectivity index (χ0v) is 40.0. The van der Waals surface area contributed by atoms with E-state index < -0.39 is 15.7 Å². The number of rotatable bonds is 12. The number of amides is 4. The van der Waals surface area contributed by atoms with Gasteiger partial charge in [0.25, 0.3) is 0 Å². The van der Waals surface area contributed by atoms with Crippen LogP contribution < -0.4 is 31.1 Å². The number of hydrogen-bond acceptors (Lipinski definition) is 15. The first-order valence-electron chi connectivity index (χ1n) is 22.7. The molecule has 4 fully saturated rings. The molecule has 0 radical (unpaired) electrons. The number of sulfone groups is 1. The molecule has 2 saturated carbocycles. The molecule has 364 valence electrons. The molecule has 2 aromatic heterocycles. The van der Waals surface area contributed by atoms with Crippen LogP contribution in [0, 0.1) is 11.6 Å². The fourth-order valence-corrected chi connectivity index (χ4v) is 8.90. The molecule has 4 N–H and O–H groups in total. The van der Waals surface area contributed by atoms with Crippen LogP contribution in [0.4, 0.5) is 41.6 Å². The molecule has 2 aliphatic carbocycles. The number of anilines is 4. The molecule has 18 nitrogen and oxygen atoms in total. The first-order valence-corrected chi connectivity index (χ1v) is 25.8. The van der Waals surface area contributed by atoms with Crippen molar-refractivity contribution in [3.63, 3.8) is 0 Å². The van der Waals surface area contributed by atoms with Crippen molar-refractivity contribution in [2.45, 2.75) is 47.6 Å². The molecule has 6 aromatic rings. The third-order valence-corrected chi connectivity index (χ3v) is 13.4. The Labute approximate surface area is 407 Å². The van der Waals surface area contributed by atoms with Crippen molar-refractivity contribution in [1.29, 1.82) is 0 Å². The number of morpholine rings is 2. The van der Waals surface area contributed by atoms with Crippen LogP contribution in [-0.4, -0.2) is 128 Å². The third-order valence-electron chi connectivity index (χ3n) is 11.4. The van der Waals surface area contributed by atoms with E-state index >= 15 is 0 Å². The molecule has 4 amide bonds. The van der Waals surface area contributed by atoms with Crippen LogP contribution in [0.1, 0.15) is 25.7 Å². The normalized spacial score (nSPS) is 15.9. The van der Waals surface area contributed by atoms with Crippen molar-refractivity contribution in [2.24, 2.45) is 0 Å². The van der Waals surface area contributed by atoms with Crippen molar-refractivity contribution < 1.29 is 36.3 Å².